The molecule has 0 aliphatic rings. The Bertz CT molecular complexity index is 497. The maximum Gasteiger partial charge on any atom is 0.149 e. The van der Waals surface area contributed by atoms with Gasteiger partial charge in [0.2, 0.25) is 0 Å². The SMILES string of the molecule is Cc1cc(-c2nnc(CCCl)s2)c(C)nn1. The van der Waals surface area contributed by atoms with Crippen molar-refractivity contribution in [3.05, 3.63) is 22.5 Å². The number of hydrogen-bond donors (Lipinski definition) is 0. The first-order valence-electron chi connectivity index (χ1n) is 4.90. The van der Waals surface area contributed by atoms with E-state index in [2.05, 4.69) is 20.4 Å². The maximum atomic E-state index is 5.66. The van der Waals surface area contributed by atoms with Gasteiger partial charge >= 0.3 is 0 Å². The predicted octanol–water partition coefficient (Wildman–Crippen LogP) is 2.39. The van der Waals surface area contributed by atoms with Crippen LogP contribution in [0, 0.1) is 13.8 Å². The Morgan fingerprint density at radius 1 is 1.19 bits per heavy atom. The van der Waals surface area contributed by atoms with Gasteiger partial charge in [0, 0.05) is 17.9 Å². The molecule has 2 rings (SSSR count). The van der Waals surface area contributed by atoms with Gasteiger partial charge in [-0.25, -0.2) is 0 Å². The van der Waals surface area contributed by atoms with Crippen LogP contribution in [0.1, 0.15) is 16.4 Å². The van der Waals surface area contributed by atoms with Crippen LogP contribution in [0.4, 0.5) is 0 Å². The third-order valence-electron chi connectivity index (χ3n) is 2.11. The van der Waals surface area contributed by atoms with Gasteiger partial charge in [0.15, 0.2) is 0 Å². The molecule has 0 radical (unpaired) electrons. The summed E-state index contributed by atoms with van der Waals surface area (Å²) in [7, 11) is 0. The van der Waals surface area contributed by atoms with E-state index in [0.717, 1.165) is 33.4 Å². The van der Waals surface area contributed by atoms with Crippen LogP contribution in [0.3, 0.4) is 0 Å². The van der Waals surface area contributed by atoms with Crippen LogP contribution in [0.15, 0.2) is 6.07 Å². The van der Waals surface area contributed by atoms with Crippen LogP contribution in [0.2, 0.25) is 0 Å². The Hall–Kier alpha value is -1.07. The molecular weight excluding hydrogens is 244 g/mol. The Labute approximate surface area is 103 Å². The first-order valence-corrected chi connectivity index (χ1v) is 6.25. The molecule has 2 aromatic rings. The molecule has 0 saturated carbocycles. The number of halogens is 1. The second-order valence-corrected chi connectivity index (χ2v) is 4.86. The van der Waals surface area contributed by atoms with Crippen molar-refractivity contribution in [2.75, 3.05) is 5.88 Å². The van der Waals surface area contributed by atoms with Gasteiger partial charge in [-0.3, -0.25) is 0 Å². The summed E-state index contributed by atoms with van der Waals surface area (Å²) in [6.45, 7) is 3.83. The van der Waals surface area contributed by atoms with Crippen LogP contribution >= 0.6 is 22.9 Å². The monoisotopic (exact) mass is 254 g/mol. The molecule has 0 N–H and O–H groups in total. The first-order chi connectivity index (χ1) is 7.70. The van der Waals surface area contributed by atoms with Crippen molar-refractivity contribution < 1.29 is 0 Å². The van der Waals surface area contributed by atoms with Crippen molar-refractivity contribution >= 4 is 22.9 Å². The van der Waals surface area contributed by atoms with Crippen molar-refractivity contribution in [1.82, 2.24) is 20.4 Å². The van der Waals surface area contributed by atoms with Crippen molar-refractivity contribution in [2.45, 2.75) is 20.3 Å². The van der Waals surface area contributed by atoms with Crippen LogP contribution in [-0.2, 0) is 6.42 Å². The molecule has 0 fully saturated rings. The number of nitrogens with zero attached hydrogens (tertiary/aromatic N) is 4. The smallest absolute Gasteiger partial charge is 0.149 e. The van der Waals surface area contributed by atoms with E-state index in [9.17, 15) is 0 Å². The molecule has 0 aliphatic heterocycles. The summed E-state index contributed by atoms with van der Waals surface area (Å²) in [6, 6.07) is 1.98. The summed E-state index contributed by atoms with van der Waals surface area (Å²) in [4.78, 5) is 0. The average molecular weight is 255 g/mol. The quantitative estimate of drug-likeness (QED) is 0.790. The standard InChI is InChI=1S/C10H11ClN4S/c1-6-5-8(7(2)13-12-6)10-15-14-9(16-10)3-4-11/h5H,3-4H2,1-2H3. The zero-order valence-corrected chi connectivity index (χ0v) is 10.6. The van der Waals surface area contributed by atoms with Gasteiger partial charge in [-0.1, -0.05) is 11.3 Å². The largest absolute Gasteiger partial charge is 0.156 e. The summed E-state index contributed by atoms with van der Waals surface area (Å²) < 4.78 is 0. The highest BCUT2D eigenvalue weighted by molar-refractivity contribution is 7.14. The molecule has 4 nitrogen and oxygen atoms in total. The van der Waals surface area contributed by atoms with Crippen molar-refractivity contribution in [1.29, 1.82) is 0 Å². The van der Waals surface area contributed by atoms with E-state index < -0.39 is 0 Å². The van der Waals surface area contributed by atoms with Crippen LogP contribution in [-0.4, -0.2) is 26.3 Å². The predicted molar refractivity (Wildman–Crippen MR) is 64.8 cm³/mol. The lowest BCUT2D eigenvalue weighted by atomic mass is 10.2. The van der Waals surface area contributed by atoms with E-state index in [1.54, 1.807) is 11.3 Å². The van der Waals surface area contributed by atoms with Crippen LogP contribution in [0.25, 0.3) is 10.6 Å². The summed E-state index contributed by atoms with van der Waals surface area (Å²) in [5.41, 5.74) is 2.76. The van der Waals surface area contributed by atoms with Crippen molar-refractivity contribution in [3.63, 3.8) is 0 Å². The van der Waals surface area contributed by atoms with E-state index in [0.29, 0.717) is 5.88 Å². The topological polar surface area (TPSA) is 51.6 Å². The van der Waals surface area contributed by atoms with Gasteiger partial charge in [-0.2, -0.15) is 10.2 Å². The highest BCUT2D eigenvalue weighted by atomic mass is 35.5. The second-order valence-electron chi connectivity index (χ2n) is 3.42. The molecule has 0 aromatic carbocycles. The fraction of sp³-hybridized carbons (Fsp3) is 0.400. The molecule has 0 atom stereocenters. The average Bonchev–Trinajstić information content (AvgIpc) is 2.71. The van der Waals surface area contributed by atoms with Crippen molar-refractivity contribution in [2.24, 2.45) is 0 Å². The van der Waals surface area contributed by atoms with Gasteiger partial charge in [0.1, 0.15) is 10.0 Å². The van der Waals surface area contributed by atoms with Crippen molar-refractivity contribution in [3.8, 4) is 10.6 Å². The zero-order valence-electron chi connectivity index (χ0n) is 9.07. The number of alkyl halides is 1. The van der Waals surface area contributed by atoms with E-state index in [1.807, 2.05) is 19.9 Å². The molecule has 0 amide bonds. The van der Waals surface area contributed by atoms with Crippen LogP contribution in [0.5, 0.6) is 0 Å². The molecule has 84 valence electrons. The Morgan fingerprint density at radius 3 is 2.75 bits per heavy atom. The molecule has 0 bridgehead atoms. The third-order valence-corrected chi connectivity index (χ3v) is 3.31. The molecule has 6 heteroatoms. The molecule has 16 heavy (non-hydrogen) atoms. The summed E-state index contributed by atoms with van der Waals surface area (Å²) in [5.74, 6) is 0.571. The summed E-state index contributed by atoms with van der Waals surface area (Å²) >= 11 is 7.22. The lowest BCUT2D eigenvalue weighted by Gasteiger charge is -1.99. The lowest BCUT2D eigenvalue weighted by molar-refractivity contribution is 0.937. The highest BCUT2D eigenvalue weighted by Gasteiger charge is 2.10. The normalized spacial score (nSPS) is 10.7. The van der Waals surface area contributed by atoms with Gasteiger partial charge in [-0.05, 0) is 19.9 Å². The van der Waals surface area contributed by atoms with Gasteiger partial charge in [0.25, 0.3) is 0 Å². The Kier molecular flexibility index (Phi) is 3.46. The molecule has 0 spiro atoms. The molecule has 2 heterocycles. The molecule has 0 unspecified atom stereocenters. The first kappa shape index (κ1) is 11.4. The Morgan fingerprint density at radius 2 is 2.00 bits per heavy atom. The summed E-state index contributed by atoms with van der Waals surface area (Å²) in [5, 5.41) is 18.1. The third kappa shape index (κ3) is 2.36. The minimum Gasteiger partial charge on any atom is -0.156 e. The van der Waals surface area contributed by atoms with Gasteiger partial charge in [0.05, 0.1) is 11.4 Å². The molecular formula is C10H11ClN4S. The number of aromatic nitrogens is 4. The van der Waals surface area contributed by atoms with Gasteiger partial charge < -0.3 is 0 Å². The molecule has 0 saturated heterocycles. The minimum atomic E-state index is 0.571. The summed E-state index contributed by atoms with van der Waals surface area (Å²) in [6.07, 6.45) is 0.760. The second kappa shape index (κ2) is 4.84. The fourth-order valence-electron chi connectivity index (χ4n) is 1.31. The number of aryl methyl sites for hydroxylation is 3. The zero-order chi connectivity index (χ0) is 11.5. The Balaban J connectivity index is 2.38. The van der Waals surface area contributed by atoms with E-state index in [-0.39, 0.29) is 0 Å². The number of hydrogen-bond acceptors (Lipinski definition) is 5. The van der Waals surface area contributed by atoms with E-state index >= 15 is 0 Å². The number of rotatable bonds is 3. The molecule has 0 aliphatic carbocycles. The lowest BCUT2D eigenvalue weighted by Crippen LogP contribution is -1.93. The fourth-order valence-corrected chi connectivity index (χ4v) is 2.51. The van der Waals surface area contributed by atoms with Gasteiger partial charge in [-0.15, -0.1) is 21.8 Å². The van der Waals surface area contributed by atoms with E-state index in [1.165, 1.54) is 0 Å². The minimum absolute atomic E-state index is 0.571. The maximum absolute atomic E-state index is 5.66. The van der Waals surface area contributed by atoms with Crippen LogP contribution < -0.4 is 0 Å². The highest BCUT2D eigenvalue weighted by Crippen LogP contribution is 2.25. The molecule has 2 aromatic heterocycles. The van der Waals surface area contributed by atoms with E-state index in [4.69, 9.17) is 11.6 Å².